The van der Waals surface area contributed by atoms with Crippen LogP contribution in [-0.4, -0.2) is 49.2 Å². The van der Waals surface area contributed by atoms with Crippen LogP contribution in [0.25, 0.3) is 0 Å². The number of guanidine groups is 1. The first-order valence-corrected chi connectivity index (χ1v) is 9.46. The summed E-state index contributed by atoms with van der Waals surface area (Å²) in [5, 5.41) is 7.03. The summed E-state index contributed by atoms with van der Waals surface area (Å²) in [4.78, 5) is 6.76. The van der Waals surface area contributed by atoms with Gasteiger partial charge in [0.1, 0.15) is 0 Å². The minimum atomic E-state index is 0. The summed E-state index contributed by atoms with van der Waals surface area (Å²) in [6.07, 6.45) is 4.29. The first kappa shape index (κ1) is 21.4. The van der Waals surface area contributed by atoms with E-state index in [-0.39, 0.29) is 24.0 Å². The van der Waals surface area contributed by atoms with Crippen LogP contribution in [0.1, 0.15) is 44.2 Å². The van der Waals surface area contributed by atoms with E-state index in [4.69, 9.17) is 4.74 Å². The number of nitrogens with one attached hydrogen (secondary N) is 2. The fraction of sp³-hybridized carbons (Fsp3) is 0.650. The molecule has 2 aliphatic heterocycles. The Morgan fingerprint density at radius 2 is 2.00 bits per heavy atom. The highest BCUT2D eigenvalue weighted by atomic mass is 127. The summed E-state index contributed by atoms with van der Waals surface area (Å²) >= 11 is 0. The average molecular weight is 472 g/mol. The van der Waals surface area contributed by atoms with Gasteiger partial charge in [-0.2, -0.15) is 0 Å². The molecular weight excluding hydrogens is 439 g/mol. The molecule has 2 aliphatic rings. The van der Waals surface area contributed by atoms with Gasteiger partial charge in [-0.25, -0.2) is 0 Å². The van der Waals surface area contributed by atoms with E-state index >= 15 is 0 Å². The topological polar surface area (TPSA) is 48.9 Å². The molecule has 3 rings (SSSR count). The van der Waals surface area contributed by atoms with Crippen molar-refractivity contribution in [2.45, 2.75) is 70.5 Å². The standard InChI is InChI=1S/C20H32N4O.HI/c1-14(2)24(4)13-16-8-6-5-7-15(16)12-22-20(21-3)23-18-11-17-9-10-19(18)25-17;/h5-8,14,17-19H,9-13H2,1-4H3,(H2,21,22,23);1H. The van der Waals surface area contributed by atoms with Gasteiger partial charge in [-0.3, -0.25) is 9.89 Å². The van der Waals surface area contributed by atoms with Crippen LogP contribution in [0.2, 0.25) is 0 Å². The number of nitrogens with zero attached hydrogens (tertiary/aromatic N) is 2. The number of hydrogen-bond donors (Lipinski definition) is 2. The molecule has 0 aromatic heterocycles. The maximum absolute atomic E-state index is 5.93. The van der Waals surface area contributed by atoms with Crippen molar-refractivity contribution < 1.29 is 4.74 Å². The van der Waals surface area contributed by atoms with Gasteiger partial charge >= 0.3 is 0 Å². The molecule has 2 N–H and O–H groups in total. The summed E-state index contributed by atoms with van der Waals surface area (Å²) in [6, 6.07) is 9.57. The van der Waals surface area contributed by atoms with Crippen molar-refractivity contribution >= 4 is 29.9 Å². The number of rotatable bonds is 6. The van der Waals surface area contributed by atoms with Crippen LogP contribution in [0.3, 0.4) is 0 Å². The fourth-order valence-electron chi connectivity index (χ4n) is 3.67. The van der Waals surface area contributed by atoms with Crippen LogP contribution in [0.4, 0.5) is 0 Å². The molecule has 3 unspecified atom stereocenters. The Kier molecular flexibility index (Phi) is 8.16. The van der Waals surface area contributed by atoms with E-state index in [0.29, 0.717) is 24.3 Å². The van der Waals surface area contributed by atoms with Crippen molar-refractivity contribution in [3.63, 3.8) is 0 Å². The molecule has 26 heavy (non-hydrogen) atoms. The van der Waals surface area contributed by atoms with Crippen LogP contribution in [-0.2, 0) is 17.8 Å². The Balaban J connectivity index is 0.00000243. The second-order valence-electron chi connectivity index (χ2n) is 7.56. The van der Waals surface area contributed by atoms with Gasteiger partial charge in [0.05, 0.1) is 18.2 Å². The molecule has 2 saturated heterocycles. The third-order valence-corrected chi connectivity index (χ3v) is 5.52. The summed E-state index contributed by atoms with van der Waals surface area (Å²) in [5.41, 5.74) is 2.69. The lowest BCUT2D eigenvalue weighted by molar-refractivity contribution is 0.0992. The van der Waals surface area contributed by atoms with E-state index in [0.717, 1.165) is 25.5 Å². The predicted molar refractivity (Wildman–Crippen MR) is 118 cm³/mol. The number of ether oxygens (including phenoxy) is 1. The highest BCUT2D eigenvalue weighted by Crippen LogP contribution is 2.34. The molecule has 1 aromatic rings. The van der Waals surface area contributed by atoms with E-state index in [1.165, 1.54) is 24.0 Å². The molecule has 5 nitrogen and oxygen atoms in total. The monoisotopic (exact) mass is 472 g/mol. The minimum Gasteiger partial charge on any atom is -0.373 e. The van der Waals surface area contributed by atoms with Crippen molar-refractivity contribution in [3.8, 4) is 0 Å². The molecule has 1 aromatic carbocycles. The maximum atomic E-state index is 5.93. The summed E-state index contributed by atoms with van der Waals surface area (Å²) in [6.45, 7) is 6.19. The van der Waals surface area contributed by atoms with Gasteiger partial charge in [-0.1, -0.05) is 24.3 Å². The first-order valence-electron chi connectivity index (χ1n) is 9.46. The Morgan fingerprint density at radius 3 is 2.58 bits per heavy atom. The lowest BCUT2D eigenvalue weighted by atomic mass is 9.96. The zero-order valence-corrected chi connectivity index (χ0v) is 18.7. The summed E-state index contributed by atoms with van der Waals surface area (Å²) in [7, 11) is 4.01. The Labute approximate surface area is 175 Å². The minimum absolute atomic E-state index is 0. The van der Waals surface area contributed by atoms with Crippen LogP contribution >= 0.6 is 24.0 Å². The quantitative estimate of drug-likeness (QED) is 0.380. The third kappa shape index (κ3) is 5.33. The van der Waals surface area contributed by atoms with Gasteiger partial charge in [0, 0.05) is 26.2 Å². The van der Waals surface area contributed by atoms with Crippen molar-refractivity contribution in [2.24, 2.45) is 4.99 Å². The van der Waals surface area contributed by atoms with Crippen molar-refractivity contribution in [1.82, 2.24) is 15.5 Å². The van der Waals surface area contributed by atoms with Crippen LogP contribution in [0.5, 0.6) is 0 Å². The normalized spacial score (nSPS) is 24.8. The van der Waals surface area contributed by atoms with E-state index in [2.05, 4.69) is 65.7 Å². The van der Waals surface area contributed by atoms with Crippen molar-refractivity contribution in [3.05, 3.63) is 35.4 Å². The smallest absolute Gasteiger partial charge is 0.191 e. The number of fused-ring (bicyclic) bond motifs is 2. The molecule has 0 saturated carbocycles. The van der Waals surface area contributed by atoms with E-state index in [1.54, 1.807) is 0 Å². The number of halogens is 1. The van der Waals surface area contributed by atoms with Crippen LogP contribution in [0, 0.1) is 0 Å². The Hall–Kier alpha value is -0.860. The number of aliphatic imine (C=N–C) groups is 1. The zero-order valence-electron chi connectivity index (χ0n) is 16.4. The average Bonchev–Trinajstić information content (AvgIpc) is 3.22. The van der Waals surface area contributed by atoms with E-state index in [1.807, 2.05) is 7.05 Å². The van der Waals surface area contributed by atoms with Gasteiger partial charge < -0.3 is 15.4 Å². The number of benzene rings is 1. The Bertz CT molecular complexity index is 607. The predicted octanol–water partition coefficient (Wildman–Crippen LogP) is 3.13. The van der Waals surface area contributed by atoms with Crippen LogP contribution in [0.15, 0.2) is 29.3 Å². The molecule has 2 fully saturated rings. The van der Waals surface area contributed by atoms with E-state index in [9.17, 15) is 0 Å². The highest BCUT2D eigenvalue weighted by molar-refractivity contribution is 14.0. The Morgan fingerprint density at radius 1 is 1.27 bits per heavy atom. The lowest BCUT2D eigenvalue weighted by Crippen LogP contribution is -2.47. The molecule has 6 heteroatoms. The molecule has 2 heterocycles. The van der Waals surface area contributed by atoms with Gasteiger partial charge in [-0.05, 0) is 51.3 Å². The fourth-order valence-corrected chi connectivity index (χ4v) is 3.67. The van der Waals surface area contributed by atoms with E-state index < -0.39 is 0 Å². The SMILES string of the molecule is CN=C(NCc1ccccc1CN(C)C(C)C)NC1CC2CCC1O2.I. The molecule has 0 amide bonds. The molecule has 0 aliphatic carbocycles. The lowest BCUT2D eigenvalue weighted by Gasteiger charge is -2.24. The summed E-state index contributed by atoms with van der Waals surface area (Å²) < 4.78 is 5.93. The van der Waals surface area contributed by atoms with Crippen LogP contribution < -0.4 is 10.6 Å². The van der Waals surface area contributed by atoms with Gasteiger partial charge in [0.2, 0.25) is 0 Å². The van der Waals surface area contributed by atoms with Gasteiger partial charge in [0.25, 0.3) is 0 Å². The second kappa shape index (κ2) is 9.90. The zero-order chi connectivity index (χ0) is 17.8. The molecule has 2 bridgehead atoms. The highest BCUT2D eigenvalue weighted by Gasteiger charge is 2.41. The first-order chi connectivity index (χ1) is 12.1. The molecule has 0 spiro atoms. The molecule has 3 atom stereocenters. The second-order valence-corrected chi connectivity index (χ2v) is 7.56. The molecule has 0 radical (unpaired) electrons. The molecule has 146 valence electrons. The third-order valence-electron chi connectivity index (χ3n) is 5.52. The maximum Gasteiger partial charge on any atom is 0.191 e. The summed E-state index contributed by atoms with van der Waals surface area (Å²) in [5.74, 6) is 0.869. The van der Waals surface area contributed by atoms with Gasteiger partial charge in [0.15, 0.2) is 5.96 Å². The molecular formula is C20H33IN4O. The van der Waals surface area contributed by atoms with Crippen molar-refractivity contribution in [1.29, 1.82) is 0 Å². The number of hydrogen-bond acceptors (Lipinski definition) is 3. The largest absolute Gasteiger partial charge is 0.373 e. The van der Waals surface area contributed by atoms with Crippen molar-refractivity contribution in [2.75, 3.05) is 14.1 Å². The van der Waals surface area contributed by atoms with Gasteiger partial charge in [-0.15, -0.1) is 24.0 Å².